The Hall–Kier alpha value is -0.940. The second-order valence-corrected chi connectivity index (χ2v) is 5.11. The fourth-order valence-corrected chi connectivity index (χ4v) is 2.76. The zero-order valence-corrected chi connectivity index (χ0v) is 11.1. The van der Waals surface area contributed by atoms with Gasteiger partial charge in [0.1, 0.15) is 0 Å². The Morgan fingerprint density at radius 1 is 1.37 bits per heavy atom. The molecule has 104 valence electrons. The normalized spacial score (nSPS) is 24.1. The zero-order chi connectivity index (χ0) is 14.2. The summed E-state index contributed by atoms with van der Waals surface area (Å²) in [4.78, 5) is 11.9. The van der Waals surface area contributed by atoms with Crippen LogP contribution in [-0.2, 0) is 4.79 Å². The maximum Gasteiger partial charge on any atom is 0.487 e. The van der Waals surface area contributed by atoms with Crippen LogP contribution < -0.4 is 0 Å². The number of hydrogen-bond acceptors (Lipinski definition) is 1. The van der Waals surface area contributed by atoms with E-state index < -0.39 is 30.6 Å². The number of rotatable bonds is 2. The summed E-state index contributed by atoms with van der Waals surface area (Å²) in [5, 5.41) is 0.379. The molecule has 19 heavy (non-hydrogen) atoms. The third kappa shape index (κ3) is 2.82. The molecule has 0 radical (unpaired) electrons. The quantitative estimate of drug-likeness (QED) is 0.603. The minimum absolute atomic E-state index is 0.0184. The van der Waals surface area contributed by atoms with Gasteiger partial charge in [-0.1, -0.05) is 23.7 Å². The number of likely N-dealkylation sites (tertiary alicyclic amines) is 1. The largest absolute Gasteiger partial charge is 0.487 e. The molecule has 2 nitrogen and oxygen atoms in total. The Balaban J connectivity index is 2.36. The first-order valence-electron chi connectivity index (χ1n) is 5.54. The Bertz CT molecular complexity index is 492. The van der Waals surface area contributed by atoms with E-state index in [1.165, 1.54) is 6.07 Å². The van der Waals surface area contributed by atoms with E-state index in [-0.39, 0.29) is 10.8 Å². The number of alkyl halides is 4. The first-order valence-corrected chi connectivity index (χ1v) is 6.45. The van der Waals surface area contributed by atoms with Crippen LogP contribution in [0.5, 0.6) is 0 Å². The standard InChI is InChI=1S/C12H10Cl2F3NO/c13-5-8-6-18(12(15,16)17)11(19)10(8)7-2-1-3-9(14)4-7/h1-4,8,10H,5-6H2. The van der Waals surface area contributed by atoms with E-state index in [9.17, 15) is 18.0 Å². The third-order valence-electron chi connectivity index (χ3n) is 3.13. The van der Waals surface area contributed by atoms with Crippen molar-refractivity contribution >= 4 is 29.1 Å². The summed E-state index contributed by atoms with van der Waals surface area (Å²) in [6, 6.07) is 6.30. The molecular weight excluding hydrogens is 302 g/mol. The zero-order valence-electron chi connectivity index (χ0n) is 9.62. The van der Waals surface area contributed by atoms with E-state index in [4.69, 9.17) is 23.2 Å². The molecule has 1 saturated heterocycles. The lowest BCUT2D eigenvalue weighted by atomic mass is 9.90. The van der Waals surface area contributed by atoms with Crippen LogP contribution in [0.4, 0.5) is 13.2 Å². The van der Waals surface area contributed by atoms with Gasteiger partial charge in [-0.2, -0.15) is 0 Å². The number of nitrogens with zero attached hydrogens (tertiary/aromatic N) is 1. The van der Waals surface area contributed by atoms with Gasteiger partial charge < -0.3 is 0 Å². The second kappa shape index (κ2) is 5.21. The highest BCUT2D eigenvalue weighted by Gasteiger charge is 2.51. The van der Waals surface area contributed by atoms with Crippen molar-refractivity contribution in [2.45, 2.75) is 12.2 Å². The van der Waals surface area contributed by atoms with E-state index in [1.807, 2.05) is 0 Å². The van der Waals surface area contributed by atoms with Crippen LogP contribution in [0.1, 0.15) is 11.5 Å². The molecule has 0 aromatic heterocycles. The molecule has 1 fully saturated rings. The van der Waals surface area contributed by atoms with Crippen molar-refractivity contribution in [3.05, 3.63) is 34.9 Å². The maximum atomic E-state index is 12.7. The molecule has 1 aromatic carbocycles. The van der Waals surface area contributed by atoms with Crippen LogP contribution in [0.25, 0.3) is 0 Å². The molecule has 1 aliphatic heterocycles. The summed E-state index contributed by atoms with van der Waals surface area (Å²) in [5.41, 5.74) is 0.468. The highest BCUT2D eigenvalue weighted by atomic mass is 35.5. The number of benzene rings is 1. The van der Waals surface area contributed by atoms with Gasteiger partial charge >= 0.3 is 6.30 Å². The smallest absolute Gasteiger partial charge is 0.274 e. The van der Waals surface area contributed by atoms with Crippen molar-refractivity contribution in [1.82, 2.24) is 4.90 Å². The van der Waals surface area contributed by atoms with Crippen LogP contribution >= 0.6 is 23.2 Å². The summed E-state index contributed by atoms with van der Waals surface area (Å²) in [6.45, 7) is -0.414. The topological polar surface area (TPSA) is 20.3 Å². The average Bonchev–Trinajstić information content (AvgIpc) is 2.66. The van der Waals surface area contributed by atoms with Gasteiger partial charge in [0.25, 0.3) is 0 Å². The monoisotopic (exact) mass is 311 g/mol. The van der Waals surface area contributed by atoms with Gasteiger partial charge in [-0.05, 0) is 17.7 Å². The molecule has 0 spiro atoms. The number of carbonyl (C=O) groups is 1. The molecule has 2 rings (SSSR count). The van der Waals surface area contributed by atoms with E-state index in [1.54, 1.807) is 18.2 Å². The lowest BCUT2D eigenvalue weighted by molar-refractivity contribution is -0.235. The summed E-state index contributed by atoms with van der Waals surface area (Å²) < 4.78 is 38.2. The fourth-order valence-electron chi connectivity index (χ4n) is 2.28. The molecule has 0 N–H and O–H groups in total. The maximum absolute atomic E-state index is 12.7. The van der Waals surface area contributed by atoms with Gasteiger partial charge in [-0.3, -0.25) is 9.69 Å². The summed E-state index contributed by atoms with van der Waals surface area (Å²) in [7, 11) is 0. The highest BCUT2D eigenvalue weighted by molar-refractivity contribution is 6.30. The Morgan fingerprint density at radius 3 is 2.58 bits per heavy atom. The summed E-state index contributed by atoms with van der Waals surface area (Å²) in [5.74, 6) is -2.46. The van der Waals surface area contributed by atoms with Crippen molar-refractivity contribution in [2.24, 2.45) is 5.92 Å². The second-order valence-electron chi connectivity index (χ2n) is 4.36. The van der Waals surface area contributed by atoms with Gasteiger partial charge in [0.15, 0.2) is 0 Å². The molecule has 0 saturated carbocycles. The van der Waals surface area contributed by atoms with Crippen molar-refractivity contribution in [3.63, 3.8) is 0 Å². The van der Waals surface area contributed by atoms with Crippen LogP contribution in [0.15, 0.2) is 24.3 Å². The van der Waals surface area contributed by atoms with Crippen molar-refractivity contribution in [1.29, 1.82) is 0 Å². The fraction of sp³-hybridized carbons (Fsp3) is 0.417. The minimum Gasteiger partial charge on any atom is -0.274 e. The van der Waals surface area contributed by atoms with E-state index in [0.717, 1.165) is 0 Å². The first kappa shape index (κ1) is 14.5. The van der Waals surface area contributed by atoms with Gasteiger partial charge in [-0.15, -0.1) is 24.8 Å². The predicted octanol–water partition coefficient (Wildman–Crippen LogP) is 3.64. The first-order chi connectivity index (χ1) is 8.84. The molecule has 0 aliphatic carbocycles. The summed E-state index contributed by atoms with van der Waals surface area (Å²) >= 11 is 11.5. The van der Waals surface area contributed by atoms with Crippen LogP contribution in [0, 0.1) is 5.92 Å². The molecule has 7 heteroatoms. The molecule has 1 heterocycles. The Labute approximate surface area is 118 Å². The number of carbonyl (C=O) groups excluding carboxylic acids is 1. The third-order valence-corrected chi connectivity index (χ3v) is 3.76. The lowest BCUT2D eigenvalue weighted by Gasteiger charge is -2.19. The lowest BCUT2D eigenvalue weighted by Crippen LogP contribution is -2.39. The van der Waals surface area contributed by atoms with E-state index in [0.29, 0.717) is 10.6 Å². The van der Waals surface area contributed by atoms with Gasteiger partial charge in [0, 0.05) is 23.4 Å². The molecule has 1 amide bonds. The van der Waals surface area contributed by atoms with Crippen molar-refractivity contribution in [3.8, 4) is 0 Å². The molecule has 2 atom stereocenters. The molecular formula is C12H10Cl2F3NO. The number of halogens is 5. The average molecular weight is 312 g/mol. The molecule has 0 bridgehead atoms. The molecule has 2 unspecified atom stereocenters. The predicted molar refractivity (Wildman–Crippen MR) is 66.2 cm³/mol. The summed E-state index contributed by atoms with van der Waals surface area (Å²) in [6.07, 6.45) is -4.67. The van der Waals surface area contributed by atoms with Gasteiger partial charge in [-0.25, -0.2) is 0 Å². The Morgan fingerprint density at radius 2 is 2.05 bits per heavy atom. The number of amides is 1. The molecule has 1 aliphatic rings. The molecule has 1 aromatic rings. The van der Waals surface area contributed by atoms with E-state index >= 15 is 0 Å². The highest BCUT2D eigenvalue weighted by Crippen LogP contribution is 2.40. The van der Waals surface area contributed by atoms with Crippen LogP contribution in [0.2, 0.25) is 5.02 Å². The Kier molecular flexibility index (Phi) is 3.97. The van der Waals surface area contributed by atoms with Gasteiger partial charge in [0.05, 0.1) is 5.92 Å². The van der Waals surface area contributed by atoms with E-state index in [2.05, 4.69) is 0 Å². The van der Waals surface area contributed by atoms with Gasteiger partial charge in [0.2, 0.25) is 5.91 Å². The number of hydrogen-bond donors (Lipinski definition) is 0. The SMILES string of the molecule is O=C1C(c2cccc(Cl)c2)C(CCl)CN1C(F)(F)F. The van der Waals surface area contributed by atoms with Crippen molar-refractivity contribution in [2.75, 3.05) is 12.4 Å². The van der Waals surface area contributed by atoms with Crippen molar-refractivity contribution < 1.29 is 18.0 Å². The van der Waals surface area contributed by atoms with Crippen LogP contribution in [-0.4, -0.2) is 29.5 Å². The minimum atomic E-state index is -4.67. The van der Waals surface area contributed by atoms with Crippen LogP contribution in [0.3, 0.4) is 0 Å².